The molecule has 4 aromatic rings. The highest BCUT2D eigenvalue weighted by molar-refractivity contribution is 7.53. The van der Waals surface area contributed by atoms with E-state index in [-0.39, 0.29) is 12.3 Å². The van der Waals surface area contributed by atoms with Gasteiger partial charge in [-0.05, 0) is 49.9 Å². The summed E-state index contributed by atoms with van der Waals surface area (Å²) >= 11 is 0. The molecule has 0 saturated heterocycles. The fraction of sp³-hybridized carbons (Fsp3) is 0.353. The van der Waals surface area contributed by atoms with Crippen LogP contribution in [-0.2, 0) is 52.6 Å². The molecule has 0 aliphatic heterocycles. The second-order valence-corrected chi connectivity index (χ2v) is 14.5. The van der Waals surface area contributed by atoms with Gasteiger partial charge in [-0.3, -0.25) is 9.13 Å². The van der Waals surface area contributed by atoms with Gasteiger partial charge in [-0.2, -0.15) is 0 Å². The average molecular weight is 639 g/mol. The number of nitrogens with zero attached hydrogens (tertiary/aromatic N) is 2. The summed E-state index contributed by atoms with van der Waals surface area (Å²) < 4.78 is 51.6. The first-order chi connectivity index (χ1) is 21.3. The van der Waals surface area contributed by atoms with E-state index in [2.05, 4.69) is 82.5 Å². The second-order valence-electron chi connectivity index (χ2n) is 10.4. The van der Waals surface area contributed by atoms with Gasteiger partial charge in [0.1, 0.15) is 0 Å². The molecule has 8 nitrogen and oxygen atoms in total. The molecular formula is C34H44N2O6P2+2. The van der Waals surface area contributed by atoms with E-state index < -0.39 is 15.2 Å². The summed E-state index contributed by atoms with van der Waals surface area (Å²) in [6, 6.07) is 24.7. The molecule has 0 aliphatic carbocycles. The van der Waals surface area contributed by atoms with Gasteiger partial charge in [-0.1, -0.05) is 48.5 Å². The quantitative estimate of drug-likeness (QED) is 0.0878. The van der Waals surface area contributed by atoms with E-state index in [1.54, 1.807) is 0 Å². The van der Waals surface area contributed by atoms with Crippen molar-refractivity contribution in [3.8, 4) is 11.1 Å². The van der Waals surface area contributed by atoms with E-state index in [4.69, 9.17) is 18.1 Å². The number of aromatic nitrogens is 2. The lowest BCUT2D eigenvalue weighted by molar-refractivity contribution is -0.688. The van der Waals surface area contributed by atoms with Gasteiger partial charge < -0.3 is 18.1 Å². The predicted octanol–water partition coefficient (Wildman–Crippen LogP) is 7.56. The van der Waals surface area contributed by atoms with Gasteiger partial charge in [0.2, 0.25) is 0 Å². The maximum absolute atomic E-state index is 12.8. The Labute approximate surface area is 261 Å². The largest absolute Gasteiger partial charge is 0.335 e. The molecule has 4 rings (SSSR count). The number of hydrogen-bond donors (Lipinski definition) is 0. The predicted molar refractivity (Wildman–Crippen MR) is 172 cm³/mol. The van der Waals surface area contributed by atoms with E-state index >= 15 is 0 Å². The van der Waals surface area contributed by atoms with Crippen molar-refractivity contribution in [2.24, 2.45) is 0 Å². The molecule has 44 heavy (non-hydrogen) atoms. The topological polar surface area (TPSA) is 78.8 Å². The summed E-state index contributed by atoms with van der Waals surface area (Å²) in [5.74, 6) is 0. The lowest BCUT2D eigenvalue weighted by atomic mass is 10.1. The van der Waals surface area contributed by atoms with Gasteiger partial charge in [-0.15, -0.1) is 0 Å². The molecule has 0 radical (unpaired) electrons. The highest BCUT2D eigenvalue weighted by Crippen LogP contribution is 2.52. The molecule has 2 aromatic heterocycles. The van der Waals surface area contributed by atoms with Gasteiger partial charge in [-0.25, -0.2) is 9.13 Å². The van der Waals surface area contributed by atoms with Crippen LogP contribution in [0.2, 0.25) is 0 Å². The van der Waals surface area contributed by atoms with Crippen LogP contribution in [0.15, 0.2) is 97.6 Å². The molecule has 0 saturated carbocycles. The molecule has 0 N–H and O–H groups in total. The maximum Gasteiger partial charge on any atom is 0.335 e. The zero-order valence-electron chi connectivity index (χ0n) is 26.1. The molecular weight excluding hydrogens is 594 g/mol. The van der Waals surface area contributed by atoms with Gasteiger partial charge in [0, 0.05) is 35.4 Å². The minimum Gasteiger partial charge on any atom is -0.309 e. The second kappa shape index (κ2) is 16.4. The molecule has 2 heterocycles. The molecule has 2 aromatic carbocycles. The third kappa shape index (κ3) is 10.0. The third-order valence-electron chi connectivity index (χ3n) is 6.95. The van der Waals surface area contributed by atoms with Crippen LogP contribution < -0.4 is 9.13 Å². The fourth-order valence-corrected chi connectivity index (χ4v) is 8.33. The Morgan fingerprint density at radius 2 is 0.727 bits per heavy atom. The Morgan fingerprint density at radius 1 is 0.455 bits per heavy atom. The molecule has 0 atom stereocenters. The Morgan fingerprint density at radius 3 is 1.00 bits per heavy atom. The Kier molecular flexibility index (Phi) is 12.6. The molecule has 0 spiro atoms. The minimum absolute atomic E-state index is 0.272. The van der Waals surface area contributed by atoms with Crippen LogP contribution in [0.3, 0.4) is 0 Å². The van der Waals surface area contributed by atoms with Crippen LogP contribution in [-0.4, -0.2) is 26.4 Å². The molecule has 0 unspecified atom stereocenters. The summed E-state index contributed by atoms with van der Waals surface area (Å²) in [6.45, 7) is 10.2. The Hall–Kier alpha value is -2.96. The first-order valence-corrected chi connectivity index (χ1v) is 18.6. The molecule has 0 aliphatic rings. The van der Waals surface area contributed by atoms with Gasteiger partial charge in [0.05, 0.1) is 38.8 Å². The summed E-state index contributed by atoms with van der Waals surface area (Å²) in [4.78, 5) is 0. The summed E-state index contributed by atoms with van der Waals surface area (Å²) in [5, 5.41) is 0. The van der Waals surface area contributed by atoms with E-state index in [0.717, 1.165) is 46.5 Å². The van der Waals surface area contributed by atoms with Crippen LogP contribution in [0, 0.1) is 0 Å². The first kappa shape index (κ1) is 33.9. The molecule has 10 heteroatoms. The lowest BCUT2D eigenvalue weighted by Gasteiger charge is -2.17. The molecule has 234 valence electrons. The van der Waals surface area contributed by atoms with Crippen molar-refractivity contribution in [3.63, 3.8) is 0 Å². The SMILES string of the molecule is CCOP(=O)(Cc1ccc(C[n+]2ccc(-c3cc[n+](Cc4ccc(CP(=O)(OCC)OCC)cc4)cc3)cc2)cc1)OCC. The van der Waals surface area contributed by atoms with Gasteiger partial charge in [0.25, 0.3) is 0 Å². The Balaban J connectivity index is 1.32. The monoisotopic (exact) mass is 638 g/mol. The lowest BCUT2D eigenvalue weighted by Crippen LogP contribution is -2.33. The van der Waals surface area contributed by atoms with Crippen molar-refractivity contribution in [3.05, 3.63) is 120 Å². The van der Waals surface area contributed by atoms with Crippen LogP contribution >= 0.6 is 15.2 Å². The van der Waals surface area contributed by atoms with E-state index in [0.29, 0.717) is 26.4 Å². The zero-order valence-corrected chi connectivity index (χ0v) is 27.9. The van der Waals surface area contributed by atoms with Crippen molar-refractivity contribution in [1.29, 1.82) is 0 Å². The zero-order chi connectivity index (χ0) is 31.4. The average Bonchev–Trinajstić information content (AvgIpc) is 3.00. The third-order valence-corrected chi connectivity index (χ3v) is 11.1. The summed E-state index contributed by atoms with van der Waals surface area (Å²) in [5.41, 5.74) is 6.46. The molecule has 0 bridgehead atoms. The summed E-state index contributed by atoms with van der Waals surface area (Å²) in [7, 11) is -6.23. The van der Waals surface area contributed by atoms with Crippen molar-refractivity contribution in [2.45, 2.75) is 53.1 Å². The van der Waals surface area contributed by atoms with Crippen LogP contribution in [0.1, 0.15) is 49.9 Å². The summed E-state index contributed by atoms with van der Waals surface area (Å²) in [6.07, 6.45) is 8.88. The number of hydrogen-bond acceptors (Lipinski definition) is 6. The van der Waals surface area contributed by atoms with E-state index in [1.165, 1.54) is 0 Å². The highest BCUT2D eigenvalue weighted by Gasteiger charge is 2.25. The fourth-order valence-electron chi connectivity index (χ4n) is 4.92. The Bertz CT molecular complexity index is 1400. The smallest absolute Gasteiger partial charge is 0.309 e. The van der Waals surface area contributed by atoms with E-state index in [9.17, 15) is 9.13 Å². The van der Waals surface area contributed by atoms with Gasteiger partial charge >= 0.3 is 15.2 Å². The standard InChI is InChI=1S/C34H44N2O6P2/c1-5-39-43(37,40-6-2)27-31-13-9-29(10-14-31)25-35-21-17-33(18-22-35)34-19-23-36(24-20-34)26-30-11-15-32(16-12-30)28-44(38,41-7-3)42-8-4/h9-24H,5-8,25-28H2,1-4H3/q+2. The van der Waals surface area contributed by atoms with Crippen LogP contribution in [0.4, 0.5) is 0 Å². The minimum atomic E-state index is -3.11. The number of rotatable bonds is 17. The van der Waals surface area contributed by atoms with Crippen LogP contribution in [0.25, 0.3) is 11.1 Å². The van der Waals surface area contributed by atoms with Gasteiger partial charge in [0.15, 0.2) is 37.9 Å². The van der Waals surface area contributed by atoms with Crippen molar-refractivity contribution < 1.29 is 36.4 Å². The number of pyridine rings is 2. The van der Waals surface area contributed by atoms with Crippen LogP contribution in [0.5, 0.6) is 0 Å². The first-order valence-electron chi connectivity index (χ1n) is 15.2. The van der Waals surface area contributed by atoms with Crippen molar-refractivity contribution in [2.75, 3.05) is 26.4 Å². The molecule has 0 amide bonds. The normalized spacial score (nSPS) is 12.0. The number of benzene rings is 2. The highest BCUT2D eigenvalue weighted by atomic mass is 31.2. The maximum atomic E-state index is 12.8. The van der Waals surface area contributed by atoms with Crippen molar-refractivity contribution >= 4 is 15.2 Å². The van der Waals surface area contributed by atoms with Crippen molar-refractivity contribution in [1.82, 2.24) is 0 Å². The van der Waals surface area contributed by atoms with E-state index in [1.807, 2.05) is 52.0 Å². The molecule has 0 fully saturated rings.